The highest BCUT2D eigenvalue weighted by molar-refractivity contribution is 9.10. The van der Waals surface area contributed by atoms with Crippen LogP contribution in [0.4, 0.5) is 4.79 Å². The fourth-order valence-corrected chi connectivity index (χ4v) is 3.66. The summed E-state index contributed by atoms with van der Waals surface area (Å²) in [5.74, 6) is -0.575. The van der Waals surface area contributed by atoms with Gasteiger partial charge in [-0.3, -0.25) is 19.3 Å². The largest absolute Gasteiger partial charge is 0.483 e. The molecule has 2 N–H and O–H groups in total. The number of rotatable bonds is 6. The second kappa shape index (κ2) is 8.41. The smallest absolute Gasteiger partial charge is 0.293 e. The van der Waals surface area contributed by atoms with Crippen LogP contribution in [0.1, 0.15) is 11.1 Å². The molecule has 1 aliphatic rings. The monoisotopic (exact) mass is 446 g/mol. The zero-order chi connectivity index (χ0) is 19.4. The Balaban J connectivity index is 1.85. The average Bonchev–Trinajstić information content (AvgIpc) is 2.89. The zero-order valence-corrected chi connectivity index (χ0v) is 16.5. The number of nitrogens with two attached hydrogens (primary N) is 1. The lowest BCUT2D eigenvalue weighted by atomic mass is 10.1. The molecule has 27 heavy (non-hydrogen) atoms. The summed E-state index contributed by atoms with van der Waals surface area (Å²) in [5, 5.41) is -0.329. The molecular formula is C19H15BrN2O4S. The number of hydrogen-bond acceptors (Lipinski definition) is 5. The minimum atomic E-state index is -0.605. The molecule has 0 bridgehead atoms. The van der Waals surface area contributed by atoms with Crippen LogP contribution in [0.2, 0.25) is 0 Å². The van der Waals surface area contributed by atoms with E-state index in [0.717, 1.165) is 21.8 Å². The number of carbonyl (C=O) groups is 3. The number of benzene rings is 2. The predicted octanol–water partition coefficient (Wildman–Crippen LogP) is 3.55. The van der Waals surface area contributed by atoms with Crippen molar-refractivity contribution in [2.24, 2.45) is 5.73 Å². The Hall–Kier alpha value is -2.58. The molecule has 1 fully saturated rings. The van der Waals surface area contributed by atoms with E-state index in [-0.39, 0.29) is 29.2 Å². The van der Waals surface area contributed by atoms with Crippen molar-refractivity contribution in [3.63, 3.8) is 0 Å². The zero-order valence-electron chi connectivity index (χ0n) is 14.1. The minimum absolute atomic E-state index is 0.215. The van der Waals surface area contributed by atoms with Crippen LogP contribution in [0, 0.1) is 0 Å². The summed E-state index contributed by atoms with van der Waals surface area (Å²) in [6.45, 7) is -0.0652. The molecule has 0 unspecified atom stereocenters. The van der Waals surface area contributed by atoms with Gasteiger partial charge in [0, 0.05) is 10.0 Å². The lowest BCUT2D eigenvalue weighted by Crippen LogP contribution is -2.27. The lowest BCUT2D eigenvalue weighted by molar-refractivity contribution is -0.123. The molecule has 0 spiro atoms. The third-order valence-electron chi connectivity index (χ3n) is 3.69. The molecule has 2 aromatic rings. The average molecular weight is 447 g/mol. The van der Waals surface area contributed by atoms with Crippen molar-refractivity contribution in [2.75, 3.05) is 6.61 Å². The Labute approximate surface area is 168 Å². The molecular weight excluding hydrogens is 432 g/mol. The molecule has 0 aliphatic carbocycles. The van der Waals surface area contributed by atoms with Gasteiger partial charge in [-0.05, 0) is 41.6 Å². The maximum absolute atomic E-state index is 12.7. The van der Waals surface area contributed by atoms with Crippen LogP contribution in [0.15, 0.2) is 57.9 Å². The molecule has 6 nitrogen and oxygen atoms in total. The van der Waals surface area contributed by atoms with Gasteiger partial charge in [0.1, 0.15) is 5.75 Å². The number of halogens is 1. The van der Waals surface area contributed by atoms with Gasteiger partial charge in [-0.2, -0.15) is 0 Å². The van der Waals surface area contributed by atoms with Crippen LogP contribution in [0.3, 0.4) is 0 Å². The summed E-state index contributed by atoms with van der Waals surface area (Å²) < 4.78 is 6.16. The quantitative estimate of drug-likeness (QED) is 0.685. The standard InChI is InChI=1S/C19H15BrN2O4S/c20-14-6-7-15(26-11-17(21)23)13(8-14)9-16-18(24)22(19(25)27-16)10-12-4-2-1-3-5-12/h1-9H,10-11H2,(H2,21,23)/b16-9-. The Kier molecular flexibility index (Phi) is 5.98. The number of ether oxygens (including phenoxy) is 1. The van der Waals surface area contributed by atoms with Crippen LogP contribution < -0.4 is 10.5 Å². The van der Waals surface area contributed by atoms with Gasteiger partial charge in [-0.25, -0.2) is 0 Å². The SMILES string of the molecule is NC(=O)COc1ccc(Br)cc1/C=C1\SC(=O)N(Cc2ccccc2)C1=O. The van der Waals surface area contributed by atoms with E-state index in [0.29, 0.717) is 11.3 Å². The van der Waals surface area contributed by atoms with E-state index in [1.54, 1.807) is 24.3 Å². The number of nitrogens with zero attached hydrogens (tertiary/aromatic N) is 1. The van der Waals surface area contributed by atoms with Crippen molar-refractivity contribution >= 4 is 50.8 Å². The first-order chi connectivity index (χ1) is 12.9. The van der Waals surface area contributed by atoms with E-state index in [1.165, 1.54) is 4.90 Å². The minimum Gasteiger partial charge on any atom is -0.483 e. The Morgan fingerprint density at radius 3 is 2.63 bits per heavy atom. The molecule has 3 amide bonds. The molecule has 0 atom stereocenters. The van der Waals surface area contributed by atoms with Crippen LogP contribution >= 0.6 is 27.7 Å². The van der Waals surface area contributed by atoms with E-state index in [4.69, 9.17) is 10.5 Å². The maximum Gasteiger partial charge on any atom is 0.293 e. The predicted molar refractivity (Wildman–Crippen MR) is 107 cm³/mol. The highest BCUT2D eigenvalue weighted by atomic mass is 79.9. The first-order valence-corrected chi connectivity index (χ1v) is 9.55. The topological polar surface area (TPSA) is 89.7 Å². The number of hydrogen-bond donors (Lipinski definition) is 1. The van der Waals surface area contributed by atoms with Crippen molar-refractivity contribution < 1.29 is 19.1 Å². The van der Waals surface area contributed by atoms with Crippen LogP contribution in [0.25, 0.3) is 6.08 Å². The van der Waals surface area contributed by atoms with Crippen LogP contribution in [-0.2, 0) is 16.1 Å². The number of primary amides is 1. The van der Waals surface area contributed by atoms with E-state index >= 15 is 0 Å². The number of amides is 3. The normalized spacial score (nSPS) is 15.4. The van der Waals surface area contributed by atoms with E-state index in [2.05, 4.69) is 15.9 Å². The number of carbonyl (C=O) groups excluding carboxylic acids is 3. The van der Waals surface area contributed by atoms with Crippen molar-refractivity contribution in [1.29, 1.82) is 0 Å². The van der Waals surface area contributed by atoms with Gasteiger partial charge in [0.25, 0.3) is 17.1 Å². The van der Waals surface area contributed by atoms with Gasteiger partial charge >= 0.3 is 0 Å². The third kappa shape index (κ3) is 4.78. The summed E-state index contributed by atoms with van der Waals surface area (Å²) >= 11 is 4.23. The summed E-state index contributed by atoms with van der Waals surface area (Å²) in [7, 11) is 0. The van der Waals surface area contributed by atoms with Crippen molar-refractivity contribution in [3.05, 3.63) is 69.0 Å². The number of imide groups is 1. The lowest BCUT2D eigenvalue weighted by Gasteiger charge is -2.12. The summed E-state index contributed by atoms with van der Waals surface area (Å²) in [4.78, 5) is 37.4. The molecule has 1 saturated heterocycles. The molecule has 1 heterocycles. The van der Waals surface area contributed by atoms with Gasteiger partial charge in [-0.1, -0.05) is 46.3 Å². The van der Waals surface area contributed by atoms with Crippen LogP contribution in [0.5, 0.6) is 5.75 Å². The van der Waals surface area contributed by atoms with Crippen molar-refractivity contribution in [3.8, 4) is 5.75 Å². The summed E-state index contributed by atoms with van der Waals surface area (Å²) in [6, 6.07) is 14.4. The highest BCUT2D eigenvalue weighted by Crippen LogP contribution is 2.35. The van der Waals surface area contributed by atoms with Gasteiger partial charge in [-0.15, -0.1) is 0 Å². The fraction of sp³-hybridized carbons (Fsp3) is 0.105. The Morgan fingerprint density at radius 2 is 1.93 bits per heavy atom. The van der Waals surface area contributed by atoms with E-state index in [1.807, 2.05) is 30.3 Å². The second-order valence-electron chi connectivity index (χ2n) is 5.69. The number of thioether (sulfide) groups is 1. The molecule has 3 rings (SSSR count). The van der Waals surface area contributed by atoms with Crippen molar-refractivity contribution in [2.45, 2.75) is 6.54 Å². The van der Waals surface area contributed by atoms with Crippen LogP contribution in [-0.4, -0.2) is 28.6 Å². The van der Waals surface area contributed by atoms with Gasteiger partial charge in [0.15, 0.2) is 6.61 Å². The fourth-order valence-electron chi connectivity index (χ4n) is 2.46. The molecule has 138 valence electrons. The first kappa shape index (κ1) is 19.2. The van der Waals surface area contributed by atoms with Gasteiger partial charge in [0.05, 0.1) is 11.4 Å². The highest BCUT2D eigenvalue weighted by Gasteiger charge is 2.35. The van der Waals surface area contributed by atoms with Gasteiger partial charge < -0.3 is 10.5 Å². The second-order valence-corrected chi connectivity index (χ2v) is 7.60. The molecule has 1 aliphatic heterocycles. The Morgan fingerprint density at radius 1 is 1.19 bits per heavy atom. The summed E-state index contributed by atoms with van der Waals surface area (Å²) in [5.41, 5.74) is 6.55. The summed E-state index contributed by atoms with van der Waals surface area (Å²) in [6.07, 6.45) is 1.58. The molecule has 0 saturated carbocycles. The first-order valence-electron chi connectivity index (χ1n) is 7.94. The molecule has 0 radical (unpaired) electrons. The Bertz CT molecular complexity index is 931. The third-order valence-corrected chi connectivity index (χ3v) is 5.09. The molecule has 0 aromatic heterocycles. The van der Waals surface area contributed by atoms with Gasteiger partial charge in [0.2, 0.25) is 0 Å². The van der Waals surface area contributed by atoms with Crippen molar-refractivity contribution in [1.82, 2.24) is 4.90 Å². The maximum atomic E-state index is 12.7. The van der Waals surface area contributed by atoms with E-state index < -0.39 is 5.91 Å². The molecule has 8 heteroatoms. The molecule has 2 aromatic carbocycles. The van der Waals surface area contributed by atoms with E-state index in [9.17, 15) is 14.4 Å².